The first-order chi connectivity index (χ1) is 7.49. The molecule has 0 bridgehead atoms. The molecule has 1 atom stereocenters. The maximum absolute atomic E-state index is 11.7. The second kappa shape index (κ2) is 6.42. The van der Waals surface area contributed by atoms with E-state index >= 15 is 0 Å². The molecule has 0 aromatic heterocycles. The van der Waals surface area contributed by atoms with Gasteiger partial charge in [0.2, 0.25) is 0 Å². The second-order valence-electron chi connectivity index (χ2n) is 3.97. The summed E-state index contributed by atoms with van der Waals surface area (Å²) in [6.07, 6.45) is -3.09. The van der Waals surface area contributed by atoms with Gasteiger partial charge < -0.3 is 14.6 Å². The van der Waals surface area contributed by atoms with Crippen LogP contribution in [-0.2, 0) is 9.47 Å². The number of aliphatic hydroxyl groups excluding tert-OH is 1. The molecule has 3 nitrogen and oxygen atoms in total. The Labute approximate surface area is 92.5 Å². The standard InChI is InChI=1S/C10H17F3O3/c11-10(12,13)7-16-6-3-9(14)8-1-4-15-5-2-8/h8-9,14H,1-7H2. The van der Waals surface area contributed by atoms with Crippen molar-refractivity contribution < 1.29 is 27.8 Å². The molecule has 1 heterocycles. The van der Waals surface area contributed by atoms with Gasteiger partial charge >= 0.3 is 6.18 Å². The summed E-state index contributed by atoms with van der Waals surface area (Å²) in [7, 11) is 0. The van der Waals surface area contributed by atoms with Crippen molar-refractivity contribution in [3.8, 4) is 0 Å². The van der Waals surface area contributed by atoms with Crippen LogP contribution in [0.3, 0.4) is 0 Å². The van der Waals surface area contributed by atoms with Gasteiger partial charge in [-0.3, -0.25) is 0 Å². The highest BCUT2D eigenvalue weighted by Crippen LogP contribution is 2.21. The van der Waals surface area contributed by atoms with Crippen LogP contribution in [0, 0.1) is 5.92 Å². The zero-order valence-corrected chi connectivity index (χ0v) is 9.00. The summed E-state index contributed by atoms with van der Waals surface area (Å²) in [6.45, 7) is -0.0677. The van der Waals surface area contributed by atoms with Crippen LogP contribution in [0.1, 0.15) is 19.3 Å². The fraction of sp³-hybridized carbons (Fsp3) is 1.00. The highest BCUT2D eigenvalue weighted by molar-refractivity contribution is 4.71. The number of alkyl halides is 3. The van der Waals surface area contributed by atoms with Gasteiger partial charge in [0.15, 0.2) is 0 Å². The van der Waals surface area contributed by atoms with E-state index in [9.17, 15) is 18.3 Å². The number of halogens is 3. The lowest BCUT2D eigenvalue weighted by molar-refractivity contribution is -0.175. The molecule has 0 saturated carbocycles. The van der Waals surface area contributed by atoms with E-state index in [2.05, 4.69) is 4.74 Å². The summed E-state index contributed by atoms with van der Waals surface area (Å²) < 4.78 is 44.8. The van der Waals surface area contributed by atoms with Crippen molar-refractivity contribution in [1.29, 1.82) is 0 Å². The van der Waals surface area contributed by atoms with Gasteiger partial charge in [0.25, 0.3) is 0 Å². The minimum Gasteiger partial charge on any atom is -0.393 e. The van der Waals surface area contributed by atoms with Crippen molar-refractivity contribution in [3.05, 3.63) is 0 Å². The molecule has 6 heteroatoms. The summed E-state index contributed by atoms with van der Waals surface area (Å²) in [5, 5.41) is 9.69. The molecule has 1 aliphatic rings. The van der Waals surface area contributed by atoms with E-state index in [1.54, 1.807) is 0 Å². The number of hydrogen-bond acceptors (Lipinski definition) is 3. The summed E-state index contributed by atoms with van der Waals surface area (Å²) in [4.78, 5) is 0. The van der Waals surface area contributed by atoms with E-state index < -0.39 is 18.9 Å². The van der Waals surface area contributed by atoms with Crippen LogP contribution < -0.4 is 0 Å². The molecule has 1 fully saturated rings. The van der Waals surface area contributed by atoms with Gasteiger partial charge in [-0.25, -0.2) is 0 Å². The van der Waals surface area contributed by atoms with Crippen LogP contribution in [0.15, 0.2) is 0 Å². The molecule has 1 N–H and O–H groups in total. The monoisotopic (exact) mass is 242 g/mol. The normalized spacial score (nSPS) is 21.0. The third-order valence-corrected chi connectivity index (χ3v) is 2.63. The average Bonchev–Trinajstić information content (AvgIpc) is 2.24. The van der Waals surface area contributed by atoms with E-state index in [0.29, 0.717) is 13.2 Å². The number of ether oxygens (including phenoxy) is 2. The maximum Gasteiger partial charge on any atom is 0.411 e. The molecule has 0 aliphatic carbocycles. The zero-order valence-electron chi connectivity index (χ0n) is 9.00. The summed E-state index contributed by atoms with van der Waals surface area (Å²) in [5.41, 5.74) is 0. The Balaban J connectivity index is 2.07. The molecule has 1 unspecified atom stereocenters. The Morgan fingerprint density at radius 1 is 1.31 bits per heavy atom. The minimum atomic E-state index is -4.29. The van der Waals surface area contributed by atoms with Crippen LogP contribution >= 0.6 is 0 Å². The van der Waals surface area contributed by atoms with E-state index in [0.717, 1.165) is 12.8 Å². The van der Waals surface area contributed by atoms with E-state index in [4.69, 9.17) is 4.74 Å². The van der Waals surface area contributed by atoms with Crippen LogP contribution in [-0.4, -0.2) is 43.8 Å². The second-order valence-corrected chi connectivity index (χ2v) is 3.97. The van der Waals surface area contributed by atoms with Crippen molar-refractivity contribution in [1.82, 2.24) is 0 Å². The van der Waals surface area contributed by atoms with Gasteiger partial charge in [0.05, 0.1) is 6.10 Å². The van der Waals surface area contributed by atoms with Gasteiger partial charge in [-0.2, -0.15) is 13.2 Å². The van der Waals surface area contributed by atoms with Crippen LogP contribution in [0.5, 0.6) is 0 Å². The molecule has 0 aromatic carbocycles. The molecule has 1 saturated heterocycles. The molecule has 1 rings (SSSR count). The number of rotatable bonds is 5. The highest BCUT2D eigenvalue weighted by Gasteiger charge is 2.28. The first kappa shape index (κ1) is 13.7. The highest BCUT2D eigenvalue weighted by atomic mass is 19.4. The lowest BCUT2D eigenvalue weighted by atomic mass is 9.92. The predicted molar refractivity (Wildman–Crippen MR) is 51.0 cm³/mol. The van der Waals surface area contributed by atoms with Gasteiger partial charge in [-0.15, -0.1) is 0 Å². The molecular formula is C10H17F3O3. The predicted octanol–water partition coefficient (Wildman–Crippen LogP) is 1.74. The lowest BCUT2D eigenvalue weighted by Crippen LogP contribution is -2.29. The Kier molecular flexibility index (Phi) is 5.51. The Morgan fingerprint density at radius 3 is 2.50 bits per heavy atom. The maximum atomic E-state index is 11.7. The average molecular weight is 242 g/mol. The zero-order chi connectivity index (χ0) is 12.0. The third kappa shape index (κ3) is 5.67. The van der Waals surface area contributed by atoms with Gasteiger partial charge in [0.1, 0.15) is 6.61 Å². The molecule has 0 radical (unpaired) electrons. The van der Waals surface area contributed by atoms with Crippen LogP contribution in [0.2, 0.25) is 0 Å². The molecule has 0 amide bonds. The van der Waals surface area contributed by atoms with Gasteiger partial charge in [0, 0.05) is 19.8 Å². The van der Waals surface area contributed by atoms with Crippen molar-refractivity contribution >= 4 is 0 Å². The number of hydrogen-bond donors (Lipinski definition) is 1. The first-order valence-corrected chi connectivity index (χ1v) is 5.39. The largest absolute Gasteiger partial charge is 0.411 e. The molecule has 1 aliphatic heterocycles. The fourth-order valence-corrected chi connectivity index (χ4v) is 1.73. The fourth-order valence-electron chi connectivity index (χ4n) is 1.73. The summed E-state index contributed by atoms with van der Waals surface area (Å²) in [6, 6.07) is 0. The van der Waals surface area contributed by atoms with E-state index in [1.807, 2.05) is 0 Å². The van der Waals surface area contributed by atoms with E-state index in [-0.39, 0.29) is 18.9 Å². The first-order valence-electron chi connectivity index (χ1n) is 5.39. The van der Waals surface area contributed by atoms with Crippen LogP contribution in [0.25, 0.3) is 0 Å². The van der Waals surface area contributed by atoms with E-state index in [1.165, 1.54) is 0 Å². The third-order valence-electron chi connectivity index (χ3n) is 2.63. The van der Waals surface area contributed by atoms with Crippen LogP contribution in [0.4, 0.5) is 13.2 Å². The SMILES string of the molecule is OC(CCOCC(F)(F)F)C1CCOCC1. The summed E-state index contributed by atoms with van der Waals surface area (Å²) >= 11 is 0. The van der Waals surface area contributed by atoms with Crippen molar-refractivity contribution in [3.63, 3.8) is 0 Å². The molecule has 0 spiro atoms. The lowest BCUT2D eigenvalue weighted by Gasteiger charge is -2.26. The molecular weight excluding hydrogens is 225 g/mol. The summed E-state index contributed by atoms with van der Waals surface area (Å²) in [5.74, 6) is 0.128. The van der Waals surface area contributed by atoms with Gasteiger partial charge in [-0.1, -0.05) is 0 Å². The molecule has 96 valence electrons. The van der Waals surface area contributed by atoms with Crippen molar-refractivity contribution in [2.45, 2.75) is 31.5 Å². The van der Waals surface area contributed by atoms with Crippen molar-refractivity contribution in [2.24, 2.45) is 5.92 Å². The minimum absolute atomic E-state index is 0.0575. The smallest absolute Gasteiger partial charge is 0.393 e. The topological polar surface area (TPSA) is 38.7 Å². The Morgan fingerprint density at radius 2 is 1.94 bits per heavy atom. The molecule has 16 heavy (non-hydrogen) atoms. The Hall–Kier alpha value is -0.330. The number of aliphatic hydroxyl groups is 1. The quantitative estimate of drug-likeness (QED) is 0.746. The molecule has 0 aromatic rings. The van der Waals surface area contributed by atoms with Gasteiger partial charge in [-0.05, 0) is 25.2 Å². The Bertz CT molecular complexity index is 190. The van der Waals surface area contributed by atoms with Crippen molar-refractivity contribution in [2.75, 3.05) is 26.4 Å².